The van der Waals surface area contributed by atoms with Crippen LogP contribution < -0.4 is 10.2 Å². The molecule has 0 fully saturated rings. The van der Waals surface area contributed by atoms with Gasteiger partial charge >= 0.3 is 12.4 Å². The summed E-state index contributed by atoms with van der Waals surface area (Å²) in [6.07, 6.45) is -9.35. The molecule has 1 aliphatic heterocycles. The molecule has 4 rings (SSSR count). The molecule has 1 aromatic heterocycles. The number of carbonyl (C=O) groups is 1. The molecule has 2 aromatic carbocycles. The average Bonchev–Trinajstić information content (AvgIpc) is 3.27. The van der Waals surface area contributed by atoms with Gasteiger partial charge < -0.3 is 10.2 Å². The van der Waals surface area contributed by atoms with E-state index in [0.717, 1.165) is 0 Å². The largest absolute Gasteiger partial charge is 0.416 e. The Morgan fingerprint density at radius 3 is 2.39 bits per heavy atom. The number of aromatic amines is 1. The Morgan fingerprint density at radius 2 is 1.78 bits per heavy atom. The lowest BCUT2D eigenvalue weighted by atomic mass is 9.99. The van der Waals surface area contributed by atoms with Crippen LogP contribution in [0.1, 0.15) is 47.6 Å². The van der Waals surface area contributed by atoms with Crippen LogP contribution in [0.2, 0.25) is 5.02 Å². The summed E-state index contributed by atoms with van der Waals surface area (Å²) in [4.78, 5) is 14.5. The van der Waals surface area contributed by atoms with Gasteiger partial charge in [-0.25, -0.2) is 0 Å². The van der Waals surface area contributed by atoms with Crippen molar-refractivity contribution in [2.45, 2.75) is 44.1 Å². The number of H-pyrrole nitrogens is 1. The monoisotopic (exact) mass is 532 g/mol. The van der Waals surface area contributed by atoms with E-state index < -0.39 is 35.4 Å². The van der Waals surface area contributed by atoms with Gasteiger partial charge in [-0.2, -0.15) is 31.6 Å². The van der Waals surface area contributed by atoms with Crippen LogP contribution in [0.15, 0.2) is 36.4 Å². The SMILES string of the molecule is O=C(CCc1cc(C(F)(F)F)cc(C(F)(F)F)c1)NC1CCCN(c2nn[nH]n2)c2cc(Cl)ccc21. The number of aryl methyl sites for hydroxylation is 1. The summed E-state index contributed by atoms with van der Waals surface area (Å²) in [5.41, 5.74) is -1.69. The minimum absolute atomic E-state index is 0.0621. The third-order valence-electron chi connectivity index (χ3n) is 5.73. The van der Waals surface area contributed by atoms with E-state index in [2.05, 4.69) is 25.9 Å². The Morgan fingerprint density at radius 1 is 1.08 bits per heavy atom. The topological polar surface area (TPSA) is 86.8 Å². The number of anilines is 2. The van der Waals surface area contributed by atoms with Gasteiger partial charge in [-0.05, 0) is 65.9 Å². The van der Waals surface area contributed by atoms with Gasteiger partial charge in [-0.3, -0.25) is 4.79 Å². The van der Waals surface area contributed by atoms with E-state index in [4.69, 9.17) is 11.6 Å². The van der Waals surface area contributed by atoms with Crippen LogP contribution in [0.4, 0.5) is 38.0 Å². The third-order valence-corrected chi connectivity index (χ3v) is 5.97. The maximum Gasteiger partial charge on any atom is 0.416 e. The molecule has 0 spiro atoms. The zero-order valence-corrected chi connectivity index (χ0v) is 19.2. The lowest BCUT2D eigenvalue weighted by Crippen LogP contribution is -2.28. The van der Waals surface area contributed by atoms with Crippen molar-refractivity contribution < 1.29 is 31.1 Å². The first-order chi connectivity index (χ1) is 16.9. The minimum atomic E-state index is -4.95. The Labute approximate surface area is 205 Å². The van der Waals surface area contributed by atoms with E-state index in [0.29, 0.717) is 53.7 Å². The summed E-state index contributed by atoms with van der Waals surface area (Å²) in [5.74, 6) is -0.199. The first-order valence-electron chi connectivity index (χ1n) is 10.8. The fourth-order valence-electron chi connectivity index (χ4n) is 4.09. The number of rotatable bonds is 5. The first kappa shape index (κ1) is 25.7. The van der Waals surface area contributed by atoms with Crippen molar-refractivity contribution in [3.8, 4) is 0 Å². The summed E-state index contributed by atoms with van der Waals surface area (Å²) in [6.45, 7) is 0.504. The average molecular weight is 533 g/mol. The molecule has 2 heterocycles. The second-order valence-corrected chi connectivity index (χ2v) is 8.68. The van der Waals surface area contributed by atoms with Crippen LogP contribution >= 0.6 is 11.6 Å². The van der Waals surface area contributed by atoms with Crippen LogP contribution in [0, 0.1) is 0 Å². The summed E-state index contributed by atoms with van der Waals surface area (Å²) >= 11 is 6.18. The number of alkyl halides is 6. The van der Waals surface area contributed by atoms with Crippen molar-refractivity contribution in [1.29, 1.82) is 0 Å². The number of aromatic nitrogens is 4. The fourth-order valence-corrected chi connectivity index (χ4v) is 4.26. The lowest BCUT2D eigenvalue weighted by molar-refractivity contribution is -0.143. The van der Waals surface area contributed by atoms with Crippen LogP contribution in [-0.4, -0.2) is 33.1 Å². The molecule has 0 radical (unpaired) electrons. The highest BCUT2D eigenvalue weighted by Gasteiger charge is 2.37. The quantitative estimate of drug-likeness (QED) is 0.417. The number of nitrogens with zero attached hydrogens (tertiary/aromatic N) is 4. The van der Waals surface area contributed by atoms with E-state index in [9.17, 15) is 31.1 Å². The second kappa shape index (κ2) is 9.96. The predicted molar refractivity (Wildman–Crippen MR) is 118 cm³/mol. The number of halogens is 7. The highest BCUT2D eigenvalue weighted by atomic mass is 35.5. The molecule has 7 nitrogen and oxygen atoms in total. The molecule has 36 heavy (non-hydrogen) atoms. The van der Waals surface area contributed by atoms with Gasteiger partial charge in [0, 0.05) is 18.0 Å². The number of amides is 1. The summed E-state index contributed by atoms with van der Waals surface area (Å²) < 4.78 is 78.7. The normalized spacial score (nSPS) is 16.4. The summed E-state index contributed by atoms with van der Waals surface area (Å²) in [5, 5.41) is 17.2. The van der Waals surface area contributed by atoms with Crippen LogP contribution in [0.25, 0.3) is 0 Å². The number of benzene rings is 2. The van der Waals surface area contributed by atoms with Crippen molar-refractivity contribution >= 4 is 29.1 Å². The number of carbonyl (C=O) groups excluding carboxylic acids is 1. The molecule has 14 heteroatoms. The molecule has 0 aliphatic carbocycles. The third kappa shape index (κ3) is 5.89. The molecular weight excluding hydrogens is 514 g/mol. The smallest absolute Gasteiger partial charge is 0.349 e. The number of fused-ring (bicyclic) bond motifs is 1. The van der Waals surface area contributed by atoms with Gasteiger partial charge in [0.25, 0.3) is 5.95 Å². The zero-order chi connectivity index (χ0) is 26.1. The Balaban J connectivity index is 1.52. The van der Waals surface area contributed by atoms with E-state index in [1.54, 1.807) is 23.1 Å². The Bertz CT molecular complexity index is 1200. The van der Waals surface area contributed by atoms with Gasteiger partial charge in [0.05, 0.1) is 22.9 Å². The van der Waals surface area contributed by atoms with E-state index in [1.807, 2.05) is 0 Å². The van der Waals surface area contributed by atoms with Crippen molar-refractivity contribution in [2.75, 3.05) is 11.4 Å². The fraction of sp³-hybridized carbons (Fsp3) is 0.364. The van der Waals surface area contributed by atoms with Gasteiger partial charge in [0.2, 0.25) is 5.91 Å². The molecule has 1 atom stereocenters. The molecule has 0 bridgehead atoms. The van der Waals surface area contributed by atoms with E-state index in [-0.39, 0.29) is 24.5 Å². The molecule has 1 aliphatic rings. The van der Waals surface area contributed by atoms with Gasteiger partial charge in [-0.15, -0.1) is 5.10 Å². The highest BCUT2D eigenvalue weighted by molar-refractivity contribution is 6.30. The van der Waals surface area contributed by atoms with Crippen LogP contribution in [-0.2, 0) is 23.6 Å². The maximum atomic E-state index is 13.1. The molecule has 3 aromatic rings. The zero-order valence-electron chi connectivity index (χ0n) is 18.4. The van der Waals surface area contributed by atoms with Crippen molar-refractivity contribution in [3.63, 3.8) is 0 Å². The predicted octanol–water partition coefficient (Wildman–Crippen LogP) is 5.61. The van der Waals surface area contributed by atoms with Crippen LogP contribution in [0.5, 0.6) is 0 Å². The molecule has 2 N–H and O–H groups in total. The van der Waals surface area contributed by atoms with Gasteiger partial charge in [0.15, 0.2) is 0 Å². The number of hydrogen-bond donors (Lipinski definition) is 2. The molecular formula is C22H19ClF6N6O. The van der Waals surface area contributed by atoms with Gasteiger partial charge in [0.1, 0.15) is 0 Å². The van der Waals surface area contributed by atoms with E-state index >= 15 is 0 Å². The number of nitrogens with one attached hydrogen (secondary N) is 2. The van der Waals surface area contributed by atoms with Crippen molar-refractivity contribution in [2.24, 2.45) is 0 Å². The van der Waals surface area contributed by atoms with Crippen molar-refractivity contribution in [1.82, 2.24) is 25.9 Å². The highest BCUT2D eigenvalue weighted by Crippen LogP contribution is 2.38. The van der Waals surface area contributed by atoms with Gasteiger partial charge in [-0.1, -0.05) is 22.8 Å². The van der Waals surface area contributed by atoms with E-state index in [1.165, 1.54) is 0 Å². The minimum Gasteiger partial charge on any atom is -0.349 e. The summed E-state index contributed by atoms with van der Waals surface area (Å²) in [7, 11) is 0. The molecule has 192 valence electrons. The molecule has 0 saturated heterocycles. The number of tetrazole rings is 1. The first-order valence-corrected chi connectivity index (χ1v) is 11.2. The Kier molecular flexibility index (Phi) is 7.12. The number of hydrogen-bond acceptors (Lipinski definition) is 5. The molecule has 1 unspecified atom stereocenters. The maximum absolute atomic E-state index is 13.1. The summed E-state index contributed by atoms with van der Waals surface area (Å²) in [6, 6.07) is 5.95. The second-order valence-electron chi connectivity index (χ2n) is 8.24. The lowest BCUT2D eigenvalue weighted by Gasteiger charge is -2.23. The van der Waals surface area contributed by atoms with Crippen molar-refractivity contribution in [3.05, 3.63) is 63.7 Å². The molecule has 0 saturated carbocycles. The molecule has 1 amide bonds. The Hall–Kier alpha value is -3.35. The standard InChI is InChI=1S/C22H19ClF6N6O/c23-15-4-5-16-17(2-1-7-35(18(16)11-15)20-31-33-34-32-20)30-19(36)6-3-12-8-13(21(24,25)26)10-14(9-12)22(27,28)29/h4-5,8-11,17H,1-3,6-7H2,(H,30,36)(H,31,32,33,34). The van der Waals surface area contributed by atoms with Crippen LogP contribution in [0.3, 0.4) is 0 Å².